The van der Waals surface area contributed by atoms with E-state index < -0.39 is 0 Å². The van der Waals surface area contributed by atoms with Crippen LogP contribution in [-0.2, 0) is 4.79 Å². The van der Waals surface area contributed by atoms with Crippen molar-refractivity contribution in [2.24, 2.45) is 5.92 Å². The summed E-state index contributed by atoms with van der Waals surface area (Å²) in [4.78, 5) is 26.8. The number of hydrogen-bond acceptors (Lipinski definition) is 4. The standard InChI is InChI=1S/C18H19Br2NO3S/c1-24-16-13(19)7-12(8-14(16)20)9-15-17(22)21(18(23)25-15)10-11-5-3-2-4-6-11/h7-9,11H,2-6,10H2,1H3/b15-9+. The molecule has 1 aromatic carbocycles. The summed E-state index contributed by atoms with van der Waals surface area (Å²) in [5.74, 6) is 0.970. The van der Waals surface area contributed by atoms with Crippen LogP contribution in [0.25, 0.3) is 6.08 Å². The van der Waals surface area contributed by atoms with Gasteiger partial charge in [0.25, 0.3) is 11.1 Å². The van der Waals surface area contributed by atoms with Crippen LogP contribution in [0.4, 0.5) is 4.79 Å². The van der Waals surface area contributed by atoms with Crippen LogP contribution in [0.3, 0.4) is 0 Å². The molecule has 1 aliphatic heterocycles. The monoisotopic (exact) mass is 487 g/mol. The van der Waals surface area contributed by atoms with E-state index in [1.54, 1.807) is 13.2 Å². The molecule has 0 aromatic heterocycles. The molecular formula is C18H19Br2NO3S. The van der Waals surface area contributed by atoms with E-state index in [-0.39, 0.29) is 11.1 Å². The van der Waals surface area contributed by atoms with Gasteiger partial charge in [-0.3, -0.25) is 14.5 Å². The Bertz CT molecular complexity index is 706. The Balaban J connectivity index is 1.78. The second-order valence-electron chi connectivity index (χ2n) is 6.31. The molecule has 0 unspecified atom stereocenters. The number of nitrogens with zero attached hydrogens (tertiary/aromatic N) is 1. The first-order valence-corrected chi connectivity index (χ1v) is 10.7. The normalized spacial score (nSPS) is 20.6. The van der Waals surface area contributed by atoms with Crippen molar-refractivity contribution in [2.75, 3.05) is 13.7 Å². The summed E-state index contributed by atoms with van der Waals surface area (Å²) in [6, 6.07) is 3.75. The summed E-state index contributed by atoms with van der Waals surface area (Å²) in [7, 11) is 1.60. The van der Waals surface area contributed by atoms with Gasteiger partial charge in [0, 0.05) is 6.54 Å². The van der Waals surface area contributed by atoms with Gasteiger partial charge in [-0.2, -0.15) is 0 Å². The minimum atomic E-state index is -0.177. The summed E-state index contributed by atoms with van der Waals surface area (Å²) >= 11 is 7.94. The average molecular weight is 489 g/mol. The molecule has 2 fully saturated rings. The second kappa shape index (κ2) is 8.27. The first-order chi connectivity index (χ1) is 12.0. The number of imide groups is 1. The van der Waals surface area contributed by atoms with E-state index in [0.717, 1.165) is 39.1 Å². The SMILES string of the molecule is COc1c(Br)cc(/C=C2/SC(=O)N(CC3CCCCC3)C2=O)cc1Br. The largest absolute Gasteiger partial charge is 0.494 e. The van der Waals surface area contributed by atoms with Gasteiger partial charge in [0.1, 0.15) is 5.75 Å². The van der Waals surface area contributed by atoms with Gasteiger partial charge in [0.15, 0.2) is 0 Å². The highest BCUT2D eigenvalue weighted by atomic mass is 79.9. The third-order valence-corrected chi connectivity index (χ3v) is 6.65. The smallest absolute Gasteiger partial charge is 0.293 e. The molecule has 7 heteroatoms. The van der Waals surface area contributed by atoms with Crippen LogP contribution in [0.15, 0.2) is 26.0 Å². The highest BCUT2D eigenvalue weighted by Crippen LogP contribution is 2.38. The first-order valence-electron chi connectivity index (χ1n) is 8.28. The van der Waals surface area contributed by atoms with Gasteiger partial charge < -0.3 is 4.74 Å². The van der Waals surface area contributed by atoms with Gasteiger partial charge >= 0.3 is 0 Å². The van der Waals surface area contributed by atoms with Gasteiger partial charge in [0.05, 0.1) is 21.0 Å². The second-order valence-corrected chi connectivity index (χ2v) is 9.02. The molecule has 1 aliphatic carbocycles. The van der Waals surface area contributed by atoms with Crippen molar-refractivity contribution >= 4 is 60.8 Å². The third kappa shape index (κ3) is 4.31. The van der Waals surface area contributed by atoms with Crippen molar-refractivity contribution in [1.29, 1.82) is 0 Å². The van der Waals surface area contributed by atoms with Crippen molar-refractivity contribution in [3.05, 3.63) is 31.5 Å². The van der Waals surface area contributed by atoms with Crippen molar-refractivity contribution in [1.82, 2.24) is 4.90 Å². The molecule has 4 nitrogen and oxygen atoms in total. The van der Waals surface area contributed by atoms with Gasteiger partial charge in [-0.1, -0.05) is 19.3 Å². The lowest BCUT2D eigenvalue weighted by Gasteiger charge is -2.25. The number of benzene rings is 1. The number of rotatable bonds is 4. The van der Waals surface area contributed by atoms with Crippen LogP contribution in [0.2, 0.25) is 0 Å². The molecule has 1 saturated carbocycles. The van der Waals surface area contributed by atoms with E-state index in [9.17, 15) is 9.59 Å². The minimum absolute atomic E-state index is 0.159. The fraction of sp³-hybridized carbons (Fsp3) is 0.444. The topological polar surface area (TPSA) is 46.6 Å². The van der Waals surface area contributed by atoms with Crippen molar-refractivity contribution in [3.8, 4) is 5.75 Å². The van der Waals surface area contributed by atoms with Crippen LogP contribution >= 0.6 is 43.6 Å². The lowest BCUT2D eigenvalue weighted by molar-refractivity contribution is -0.123. The van der Waals surface area contributed by atoms with E-state index in [1.165, 1.54) is 24.2 Å². The molecular weight excluding hydrogens is 470 g/mol. The minimum Gasteiger partial charge on any atom is -0.494 e. The van der Waals surface area contributed by atoms with Gasteiger partial charge in [0.2, 0.25) is 0 Å². The average Bonchev–Trinajstić information content (AvgIpc) is 2.83. The maximum absolute atomic E-state index is 12.7. The van der Waals surface area contributed by atoms with Crippen LogP contribution in [0, 0.1) is 5.92 Å². The van der Waals surface area contributed by atoms with E-state index >= 15 is 0 Å². The lowest BCUT2D eigenvalue weighted by atomic mass is 9.89. The Morgan fingerprint density at radius 1 is 1.20 bits per heavy atom. The number of thioether (sulfide) groups is 1. The molecule has 3 rings (SSSR count). The zero-order chi connectivity index (χ0) is 18.0. The molecule has 134 valence electrons. The molecule has 0 radical (unpaired) electrons. The molecule has 0 atom stereocenters. The molecule has 0 bridgehead atoms. The Morgan fingerprint density at radius 3 is 2.44 bits per heavy atom. The number of carbonyl (C=O) groups excluding carboxylic acids is 2. The molecule has 2 aliphatic rings. The number of carbonyl (C=O) groups is 2. The van der Waals surface area contributed by atoms with E-state index in [2.05, 4.69) is 31.9 Å². The zero-order valence-corrected chi connectivity index (χ0v) is 17.9. The first kappa shape index (κ1) is 19.0. The number of methoxy groups -OCH3 is 1. The summed E-state index contributed by atoms with van der Waals surface area (Å²) in [5, 5.41) is -0.159. The molecule has 0 N–H and O–H groups in total. The van der Waals surface area contributed by atoms with Gasteiger partial charge in [-0.25, -0.2) is 0 Å². The summed E-state index contributed by atoms with van der Waals surface area (Å²) in [6.45, 7) is 0.554. The molecule has 25 heavy (non-hydrogen) atoms. The quantitative estimate of drug-likeness (QED) is 0.499. The number of amides is 2. The van der Waals surface area contributed by atoms with E-state index in [1.807, 2.05) is 12.1 Å². The fourth-order valence-corrected chi connectivity index (χ4v) is 5.69. The fourth-order valence-electron chi connectivity index (χ4n) is 3.29. The third-order valence-electron chi connectivity index (χ3n) is 4.56. The predicted molar refractivity (Wildman–Crippen MR) is 108 cm³/mol. The summed E-state index contributed by atoms with van der Waals surface area (Å²) < 4.78 is 6.87. The van der Waals surface area contributed by atoms with Crippen molar-refractivity contribution in [3.63, 3.8) is 0 Å². The lowest BCUT2D eigenvalue weighted by Crippen LogP contribution is -2.34. The van der Waals surface area contributed by atoms with Crippen LogP contribution in [-0.4, -0.2) is 29.7 Å². The van der Waals surface area contributed by atoms with Crippen LogP contribution in [0.1, 0.15) is 37.7 Å². The Kier molecular flexibility index (Phi) is 6.28. The molecule has 1 heterocycles. The van der Waals surface area contributed by atoms with E-state index in [4.69, 9.17) is 4.74 Å². The summed E-state index contributed by atoms with van der Waals surface area (Å²) in [5.41, 5.74) is 0.836. The maximum atomic E-state index is 12.7. The van der Waals surface area contributed by atoms with Crippen LogP contribution < -0.4 is 4.74 Å². The van der Waals surface area contributed by atoms with Gasteiger partial charge in [-0.05, 0) is 86.2 Å². The van der Waals surface area contributed by atoms with Crippen molar-refractivity contribution in [2.45, 2.75) is 32.1 Å². The number of halogens is 2. The Morgan fingerprint density at radius 2 is 1.84 bits per heavy atom. The molecule has 2 amide bonds. The van der Waals surface area contributed by atoms with Gasteiger partial charge in [-0.15, -0.1) is 0 Å². The molecule has 1 aromatic rings. The zero-order valence-electron chi connectivity index (χ0n) is 13.9. The number of ether oxygens (including phenoxy) is 1. The van der Waals surface area contributed by atoms with Crippen molar-refractivity contribution < 1.29 is 14.3 Å². The Labute approximate surface area is 168 Å². The van der Waals surface area contributed by atoms with Crippen LogP contribution in [0.5, 0.6) is 5.75 Å². The van der Waals surface area contributed by atoms with E-state index in [0.29, 0.717) is 23.1 Å². The Hall–Kier alpha value is -0.790. The number of hydrogen-bond donors (Lipinski definition) is 0. The predicted octanol–water partition coefficient (Wildman–Crippen LogP) is 5.84. The highest BCUT2D eigenvalue weighted by molar-refractivity contribution is 9.11. The molecule has 1 saturated heterocycles. The highest BCUT2D eigenvalue weighted by Gasteiger charge is 2.36. The summed E-state index contributed by atoms with van der Waals surface area (Å²) in [6.07, 6.45) is 7.65. The maximum Gasteiger partial charge on any atom is 0.293 e. The molecule has 0 spiro atoms.